The molecule has 0 radical (unpaired) electrons. The largest absolute Gasteiger partial charge is 0.416 e. The average molecular weight is 514 g/mol. The molecule has 2 aromatic carbocycles. The number of ether oxygens (including phenoxy) is 1. The molecule has 0 spiro atoms. The predicted molar refractivity (Wildman–Crippen MR) is 129 cm³/mol. The van der Waals surface area contributed by atoms with Gasteiger partial charge in [0, 0.05) is 51.4 Å². The van der Waals surface area contributed by atoms with Crippen molar-refractivity contribution in [1.29, 1.82) is 0 Å². The van der Waals surface area contributed by atoms with Gasteiger partial charge in [-0.25, -0.2) is 4.98 Å². The summed E-state index contributed by atoms with van der Waals surface area (Å²) < 4.78 is 44.3. The zero-order chi connectivity index (χ0) is 26.0. The van der Waals surface area contributed by atoms with E-state index in [4.69, 9.17) is 4.74 Å². The number of amides is 2. The van der Waals surface area contributed by atoms with Crippen LogP contribution in [0.25, 0.3) is 11.0 Å². The summed E-state index contributed by atoms with van der Waals surface area (Å²) in [5, 5.41) is 0. The monoisotopic (exact) mass is 513 g/mol. The summed E-state index contributed by atoms with van der Waals surface area (Å²) in [6.07, 6.45) is -3.11. The molecule has 2 aliphatic rings. The number of fused-ring (bicyclic) bond motifs is 1. The number of morpholine rings is 1. The van der Waals surface area contributed by atoms with Gasteiger partial charge in [-0.3, -0.25) is 19.5 Å². The molecule has 0 N–H and O–H groups in total. The van der Waals surface area contributed by atoms with Gasteiger partial charge in [-0.05, 0) is 36.4 Å². The number of carbonyl (C=O) groups excluding carboxylic acids is 2. The molecule has 3 aromatic rings. The number of carbonyl (C=O) groups is 2. The van der Waals surface area contributed by atoms with E-state index in [1.165, 1.54) is 18.3 Å². The first kappa shape index (κ1) is 25.1. The maximum Gasteiger partial charge on any atom is 0.416 e. The van der Waals surface area contributed by atoms with Crippen LogP contribution in [0.3, 0.4) is 0 Å². The Balaban J connectivity index is 1.13. The molecule has 2 fully saturated rings. The van der Waals surface area contributed by atoms with Crippen LogP contribution < -0.4 is 0 Å². The summed E-state index contributed by atoms with van der Waals surface area (Å²) in [7, 11) is 0. The van der Waals surface area contributed by atoms with Crippen LogP contribution in [0.5, 0.6) is 0 Å². The topological polar surface area (TPSA) is 78.9 Å². The minimum absolute atomic E-state index is 0.178. The molecule has 1 atom stereocenters. The lowest BCUT2D eigenvalue weighted by Gasteiger charge is -2.39. The Kier molecular flexibility index (Phi) is 7.07. The van der Waals surface area contributed by atoms with E-state index in [1.807, 2.05) is 24.3 Å². The molecule has 1 aromatic heterocycles. The van der Waals surface area contributed by atoms with Crippen LogP contribution in [0.2, 0.25) is 0 Å². The van der Waals surface area contributed by atoms with Crippen LogP contribution in [0.4, 0.5) is 13.2 Å². The number of hydrogen-bond donors (Lipinski definition) is 0. The standard InChI is InChI=1S/C26H26F3N5O3/c27-26(28,29)19-7-5-18(6-8-19)24(35)33-11-9-32(10-12-33)16-20-17-34(13-14-37-20)25(36)23-15-30-21-3-1-2-4-22(21)31-23/h1-8,15,20H,9-14,16-17H2/t20-/m0/s1. The van der Waals surface area contributed by atoms with Crippen molar-refractivity contribution in [3.8, 4) is 0 Å². The van der Waals surface area contributed by atoms with E-state index in [2.05, 4.69) is 14.9 Å². The number of hydrogen-bond acceptors (Lipinski definition) is 6. The molecule has 5 rings (SSSR count). The smallest absolute Gasteiger partial charge is 0.373 e. The van der Waals surface area contributed by atoms with Gasteiger partial charge in [-0.1, -0.05) is 12.1 Å². The van der Waals surface area contributed by atoms with Gasteiger partial charge in [0.05, 0.1) is 35.5 Å². The van der Waals surface area contributed by atoms with Gasteiger partial charge in [0.15, 0.2) is 0 Å². The molecule has 11 heteroatoms. The van der Waals surface area contributed by atoms with Gasteiger partial charge in [-0.15, -0.1) is 0 Å². The highest BCUT2D eigenvalue weighted by Gasteiger charge is 2.32. The second-order valence-corrected chi connectivity index (χ2v) is 9.16. The zero-order valence-electron chi connectivity index (χ0n) is 20.0. The van der Waals surface area contributed by atoms with E-state index in [9.17, 15) is 22.8 Å². The minimum atomic E-state index is -4.43. The van der Waals surface area contributed by atoms with E-state index >= 15 is 0 Å². The second kappa shape index (κ2) is 10.4. The molecule has 2 amide bonds. The highest BCUT2D eigenvalue weighted by molar-refractivity contribution is 5.94. The van der Waals surface area contributed by atoms with Gasteiger partial charge in [0.1, 0.15) is 5.69 Å². The fourth-order valence-corrected chi connectivity index (χ4v) is 4.64. The molecule has 8 nitrogen and oxygen atoms in total. The van der Waals surface area contributed by atoms with Crippen molar-refractivity contribution < 1.29 is 27.5 Å². The molecule has 0 bridgehead atoms. The van der Waals surface area contributed by atoms with Gasteiger partial charge in [-0.2, -0.15) is 13.2 Å². The molecule has 3 heterocycles. The van der Waals surface area contributed by atoms with Crippen molar-refractivity contribution >= 4 is 22.8 Å². The molecule has 0 unspecified atom stereocenters. The summed E-state index contributed by atoms with van der Waals surface area (Å²) in [6.45, 7) is 4.06. The number of alkyl halides is 3. The van der Waals surface area contributed by atoms with Crippen molar-refractivity contribution in [2.24, 2.45) is 0 Å². The van der Waals surface area contributed by atoms with Crippen molar-refractivity contribution in [3.63, 3.8) is 0 Å². The molecule has 2 saturated heterocycles. The third-order valence-corrected chi connectivity index (χ3v) is 6.67. The maximum absolute atomic E-state index is 13.1. The van der Waals surface area contributed by atoms with Crippen molar-refractivity contribution in [2.45, 2.75) is 12.3 Å². The Hall–Kier alpha value is -3.57. The lowest BCUT2D eigenvalue weighted by atomic mass is 10.1. The van der Waals surface area contributed by atoms with Gasteiger partial charge in [0.25, 0.3) is 11.8 Å². The van der Waals surface area contributed by atoms with Gasteiger partial charge >= 0.3 is 6.18 Å². The summed E-state index contributed by atoms with van der Waals surface area (Å²) in [5.74, 6) is -0.464. The number of nitrogens with zero attached hydrogens (tertiary/aromatic N) is 5. The van der Waals surface area contributed by atoms with Crippen LogP contribution >= 0.6 is 0 Å². The number of aromatic nitrogens is 2. The average Bonchev–Trinajstić information content (AvgIpc) is 2.92. The number of halogens is 3. The maximum atomic E-state index is 13.1. The Morgan fingerprint density at radius 3 is 2.30 bits per heavy atom. The molecular formula is C26H26F3N5O3. The number of benzene rings is 2. The Labute approximate surface area is 211 Å². The normalized spacial score (nSPS) is 19.3. The molecule has 0 saturated carbocycles. The number of para-hydroxylation sites is 2. The number of rotatable bonds is 4. The molecule has 0 aliphatic carbocycles. The third kappa shape index (κ3) is 5.72. The van der Waals surface area contributed by atoms with Crippen LogP contribution in [-0.2, 0) is 10.9 Å². The SMILES string of the molecule is O=C(c1ccc(C(F)(F)F)cc1)N1CCN(C[C@H]2CN(C(=O)c3cnc4ccccc4n3)CCO2)CC1. The van der Waals surface area contributed by atoms with Crippen LogP contribution in [0.1, 0.15) is 26.4 Å². The lowest BCUT2D eigenvalue weighted by Crippen LogP contribution is -2.54. The third-order valence-electron chi connectivity index (χ3n) is 6.67. The first-order valence-electron chi connectivity index (χ1n) is 12.1. The highest BCUT2D eigenvalue weighted by atomic mass is 19.4. The van der Waals surface area contributed by atoms with Crippen LogP contribution in [0.15, 0.2) is 54.7 Å². The fourth-order valence-electron chi connectivity index (χ4n) is 4.64. The predicted octanol–water partition coefficient (Wildman–Crippen LogP) is 2.95. The quantitative estimate of drug-likeness (QED) is 0.534. The van der Waals surface area contributed by atoms with Crippen LogP contribution in [-0.4, -0.2) is 95.0 Å². The molecular weight excluding hydrogens is 487 g/mol. The van der Waals surface area contributed by atoms with E-state index in [0.29, 0.717) is 63.6 Å². The summed E-state index contributed by atoms with van der Waals surface area (Å²) >= 11 is 0. The molecule has 194 valence electrons. The Morgan fingerprint density at radius 2 is 1.59 bits per heavy atom. The van der Waals surface area contributed by atoms with E-state index < -0.39 is 11.7 Å². The first-order valence-corrected chi connectivity index (χ1v) is 12.1. The molecule has 2 aliphatic heterocycles. The van der Waals surface area contributed by atoms with Crippen molar-refractivity contribution in [3.05, 3.63) is 71.5 Å². The first-order chi connectivity index (χ1) is 17.8. The zero-order valence-corrected chi connectivity index (χ0v) is 20.0. The van der Waals surface area contributed by atoms with E-state index in [0.717, 1.165) is 17.6 Å². The van der Waals surface area contributed by atoms with Crippen molar-refractivity contribution in [1.82, 2.24) is 24.7 Å². The van der Waals surface area contributed by atoms with Gasteiger partial charge < -0.3 is 14.5 Å². The highest BCUT2D eigenvalue weighted by Crippen LogP contribution is 2.29. The lowest BCUT2D eigenvalue weighted by molar-refractivity contribution is -0.137. The minimum Gasteiger partial charge on any atom is -0.373 e. The van der Waals surface area contributed by atoms with E-state index in [1.54, 1.807) is 9.80 Å². The fraction of sp³-hybridized carbons (Fsp3) is 0.385. The second-order valence-electron chi connectivity index (χ2n) is 9.16. The van der Waals surface area contributed by atoms with Gasteiger partial charge in [0.2, 0.25) is 0 Å². The summed E-state index contributed by atoms with van der Waals surface area (Å²) in [6, 6.07) is 11.7. The Morgan fingerprint density at radius 1 is 0.892 bits per heavy atom. The number of piperazine rings is 1. The Bertz CT molecular complexity index is 1280. The summed E-state index contributed by atoms with van der Waals surface area (Å²) in [5.41, 5.74) is 1.16. The van der Waals surface area contributed by atoms with Crippen LogP contribution in [0, 0.1) is 0 Å². The summed E-state index contributed by atoms with van der Waals surface area (Å²) in [4.78, 5) is 40.1. The van der Waals surface area contributed by atoms with Crippen molar-refractivity contribution in [2.75, 3.05) is 52.4 Å². The molecule has 37 heavy (non-hydrogen) atoms. The van der Waals surface area contributed by atoms with E-state index in [-0.39, 0.29) is 23.5 Å².